The van der Waals surface area contributed by atoms with Crippen LogP contribution in [0.15, 0.2) is 30.6 Å². The molecule has 0 aliphatic heterocycles. The summed E-state index contributed by atoms with van der Waals surface area (Å²) in [6.45, 7) is 1.84. The van der Waals surface area contributed by atoms with Crippen LogP contribution in [0, 0.1) is 0 Å². The molecule has 0 spiro atoms. The lowest BCUT2D eigenvalue weighted by Crippen LogP contribution is -1.86. The molecule has 0 aliphatic carbocycles. The zero-order valence-corrected chi connectivity index (χ0v) is 7.03. The van der Waals surface area contributed by atoms with Crippen molar-refractivity contribution in [2.75, 3.05) is 0 Å². The van der Waals surface area contributed by atoms with Crippen LogP contribution in [0.1, 0.15) is 18.9 Å². The van der Waals surface area contributed by atoms with Gasteiger partial charge in [0.1, 0.15) is 0 Å². The van der Waals surface area contributed by atoms with Crippen molar-refractivity contribution < 1.29 is 4.79 Å². The summed E-state index contributed by atoms with van der Waals surface area (Å²) in [7, 11) is 0. The van der Waals surface area contributed by atoms with Crippen molar-refractivity contribution in [3.63, 3.8) is 0 Å². The largest absolute Gasteiger partial charge is 0.295 e. The lowest BCUT2D eigenvalue weighted by atomic mass is 10.2. The Balaban J connectivity index is 2.64. The molecule has 0 saturated carbocycles. The third-order valence-corrected chi connectivity index (χ3v) is 1.49. The molecule has 0 fully saturated rings. The standard InChI is InChI=1S/C10H11NO/c1-2-10(12)6-5-9-4-3-7-11-8-9/h3-8H,2H2,1H3/b6-5+. The molecule has 0 bridgehead atoms. The van der Waals surface area contributed by atoms with E-state index in [0.717, 1.165) is 5.56 Å². The van der Waals surface area contributed by atoms with Gasteiger partial charge in [0, 0.05) is 18.8 Å². The van der Waals surface area contributed by atoms with Crippen molar-refractivity contribution in [1.29, 1.82) is 0 Å². The van der Waals surface area contributed by atoms with Gasteiger partial charge in [-0.1, -0.05) is 13.0 Å². The van der Waals surface area contributed by atoms with Gasteiger partial charge >= 0.3 is 0 Å². The second-order valence-corrected chi connectivity index (χ2v) is 2.44. The van der Waals surface area contributed by atoms with E-state index < -0.39 is 0 Å². The van der Waals surface area contributed by atoms with Crippen molar-refractivity contribution in [3.8, 4) is 0 Å². The van der Waals surface area contributed by atoms with E-state index in [-0.39, 0.29) is 5.78 Å². The molecule has 0 aromatic carbocycles. The minimum atomic E-state index is 0.138. The molecule has 0 N–H and O–H groups in total. The maximum absolute atomic E-state index is 10.9. The van der Waals surface area contributed by atoms with Crippen LogP contribution >= 0.6 is 0 Å². The number of allylic oxidation sites excluding steroid dienone is 1. The van der Waals surface area contributed by atoms with Crippen LogP contribution < -0.4 is 0 Å². The summed E-state index contributed by atoms with van der Waals surface area (Å²) in [6.07, 6.45) is 7.34. The molecule has 0 unspecified atom stereocenters. The Morgan fingerprint density at radius 2 is 2.50 bits per heavy atom. The summed E-state index contributed by atoms with van der Waals surface area (Å²) in [4.78, 5) is 14.8. The van der Waals surface area contributed by atoms with Gasteiger partial charge in [0.2, 0.25) is 0 Å². The lowest BCUT2D eigenvalue weighted by molar-refractivity contribution is -0.114. The molecule has 2 heteroatoms. The van der Waals surface area contributed by atoms with E-state index in [1.54, 1.807) is 24.5 Å². The third-order valence-electron chi connectivity index (χ3n) is 1.49. The first-order valence-electron chi connectivity index (χ1n) is 3.94. The van der Waals surface area contributed by atoms with E-state index in [9.17, 15) is 4.79 Å². The number of ketones is 1. The van der Waals surface area contributed by atoms with Gasteiger partial charge in [-0.15, -0.1) is 0 Å². The molecular weight excluding hydrogens is 150 g/mol. The number of hydrogen-bond donors (Lipinski definition) is 0. The Hall–Kier alpha value is -1.44. The lowest BCUT2D eigenvalue weighted by Gasteiger charge is -1.89. The van der Waals surface area contributed by atoms with E-state index in [2.05, 4.69) is 4.98 Å². The number of aromatic nitrogens is 1. The zero-order valence-electron chi connectivity index (χ0n) is 7.03. The fraction of sp³-hybridized carbons (Fsp3) is 0.200. The molecule has 0 amide bonds. The first-order valence-corrected chi connectivity index (χ1v) is 3.94. The van der Waals surface area contributed by atoms with Gasteiger partial charge in [-0.2, -0.15) is 0 Å². The minimum absolute atomic E-state index is 0.138. The normalized spacial score (nSPS) is 10.4. The summed E-state index contributed by atoms with van der Waals surface area (Å²) in [5.41, 5.74) is 0.958. The smallest absolute Gasteiger partial charge is 0.155 e. The highest BCUT2D eigenvalue weighted by Crippen LogP contribution is 1.98. The predicted molar refractivity (Wildman–Crippen MR) is 48.6 cm³/mol. The van der Waals surface area contributed by atoms with E-state index in [0.29, 0.717) is 6.42 Å². The first-order chi connectivity index (χ1) is 5.83. The maximum Gasteiger partial charge on any atom is 0.155 e. The van der Waals surface area contributed by atoms with Crippen molar-refractivity contribution in [2.24, 2.45) is 0 Å². The van der Waals surface area contributed by atoms with E-state index >= 15 is 0 Å². The molecule has 0 radical (unpaired) electrons. The quantitative estimate of drug-likeness (QED) is 0.635. The Morgan fingerprint density at radius 3 is 3.08 bits per heavy atom. The van der Waals surface area contributed by atoms with Crippen LogP contribution in [0.4, 0.5) is 0 Å². The SMILES string of the molecule is CCC(=O)/C=C/c1cccnc1. The molecule has 1 rings (SSSR count). The van der Waals surface area contributed by atoms with Gasteiger partial charge in [0.05, 0.1) is 0 Å². The van der Waals surface area contributed by atoms with Gasteiger partial charge in [0.25, 0.3) is 0 Å². The van der Waals surface area contributed by atoms with Crippen molar-refractivity contribution >= 4 is 11.9 Å². The number of rotatable bonds is 3. The first kappa shape index (κ1) is 8.65. The van der Waals surface area contributed by atoms with Crippen LogP contribution in [0.5, 0.6) is 0 Å². The van der Waals surface area contributed by atoms with Gasteiger partial charge < -0.3 is 0 Å². The highest BCUT2D eigenvalue weighted by molar-refractivity contribution is 5.93. The van der Waals surface area contributed by atoms with Gasteiger partial charge in [-0.3, -0.25) is 9.78 Å². The van der Waals surface area contributed by atoms with Crippen LogP contribution in [0.3, 0.4) is 0 Å². The van der Waals surface area contributed by atoms with Crippen LogP contribution in [-0.2, 0) is 4.79 Å². The molecule has 62 valence electrons. The van der Waals surface area contributed by atoms with Crippen molar-refractivity contribution in [3.05, 3.63) is 36.2 Å². The molecule has 0 aliphatic rings. The topological polar surface area (TPSA) is 30.0 Å². The highest BCUT2D eigenvalue weighted by Gasteiger charge is 1.89. The fourth-order valence-corrected chi connectivity index (χ4v) is 0.782. The summed E-state index contributed by atoms with van der Waals surface area (Å²) in [6, 6.07) is 3.75. The Labute approximate surface area is 71.9 Å². The average molecular weight is 161 g/mol. The number of carbonyl (C=O) groups excluding carboxylic acids is 1. The monoisotopic (exact) mass is 161 g/mol. The van der Waals surface area contributed by atoms with E-state index in [4.69, 9.17) is 0 Å². The molecule has 0 atom stereocenters. The van der Waals surface area contributed by atoms with E-state index in [1.807, 2.05) is 19.1 Å². The summed E-state index contributed by atoms with van der Waals surface area (Å²) >= 11 is 0. The maximum atomic E-state index is 10.9. The molecule has 1 aromatic heterocycles. The van der Waals surface area contributed by atoms with Gasteiger partial charge in [-0.25, -0.2) is 0 Å². The molecule has 2 nitrogen and oxygen atoms in total. The molecule has 1 heterocycles. The Kier molecular flexibility index (Phi) is 3.20. The number of nitrogens with zero attached hydrogens (tertiary/aromatic N) is 1. The van der Waals surface area contributed by atoms with Gasteiger partial charge in [0.15, 0.2) is 5.78 Å². The minimum Gasteiger partial charge on any atom is -0.295 e. The van der Waals surface area contributed by atoms with Crippen LogP contribution in [-0.4, -0.2) is 10.8 Å². The molecule has 0 saturated heterocycles. The van der Waals surface area contributed by atoms with Crippen molar-refractivity contribution in [1.82, 2.24) is 4.98 Å². The molecule has 12 heavy (non-hydrogen) atoms. The second kappa shape index (κ2) is 4.44. The third kappa shape index (κ3) is 2.66. The Morgan fingerprint density at radius 1 is 1.67 bits per heavy atom. The Bertz CT molecular complexity index is 277. The predicted octanol–water partition coefficient (Wildman–Crippen LogP) is 2.07. The molecule has 1 aromatic rings. The zero-order chi connectivity index (χ0) is 8.81. The van der Waals surface area contributed by atoms with Crippen LogP contribution in [0.2, 0.25) is 0 Å². The van der Waals surface area contributed by atoms with E-state index in [1.165, 1.54) is 0 Å². The summed E-state index contributed by atoms with van der Waals surface area (Å²) in [5, 5.41) is 0. The highest BCUT2D eigenvalue weighted by atomic mass is 16.1. The van der Waals surface area contributed by atoms with Crippen LogP contribution in [0.25, 0.3) is 6.08 Å². The summed E-state index contributed by atoms with van der Waals surface area (Å²) in [5.74, 6) is 0.138. The van der Waals surface area contributed by atoms with Crippen molar-refractivity contribution in [2.45, 2.75) is 13.3 Å². The fourth-order valence-electron chi connectivity index (χ4n) is 0.782. The molecular formula is C10H11NO. The average Bonchev–Trinajstić information content (AvgIpc) is 2.16. The number of hydrogen-bond acceptors (Lipinski definition) is 2. The van der Waals surface area contributed by atoms with Gasteiger partial charge in [-0.05, 0) is 23.8 Å². The summed E-state index contributed by atoms with van der Waals surface area (Å²) < 4.78 is 0. The second-order valence-electron chi connectivity index (χ2n) is 2.44. The number of pyridine rings is 1. The number of carbonyl (C=O) groups is 1.